The summed E-state index contributed by atoms with van der Waals surface area (Å²) in [5.41, 5.74) is 3.00. The van der Waals surface area contributed by atoms with Crippen LogP contribution in [0.4, 0.5) is 0 Å². The lowest BCUT2D eigenvalue weighted by atomic mass is 10.1. The number of benzene rings is 1. The van der Waals surface area contributed by atoms with Crippen LogP contribution in [0, 0.1) is 0 Å². The maximum Gasteiger partial charge on any atom is 0.326 e. The van der Waals surface area contributed by atoms with Gasteiger partial charge in [-0.3, -0.25) is 4.57 Å². The normalized spacial score (nSPS) is 18.9. The van der Waals surface area contributed by atoms with Crippen LogP contribution in [0.3, 0.4) is 0 Å². The summed E-state index contributed by atoms with van der Waals surface area (Å²) in [4.78, 5) is 14.6. The molecular formula is C16H23N3O3. The number of aromatic amines is 1. The fourth-order valence-corrected chi connectivity index (χ4v) is 2.90. The number of para-hydroxylation sites is 1. The van der Waals surface area contributed by atoms with Gasteiger partial charge in [-0.2, -0.15) is 0 Å². The van der Waals surface area contributed by atoms with Crippen molar-refractivity contribution in [3.8, 4) is 0 Å². The number of fused-ring (bicyclic) bond motifs is 1. The summed E-state index contributed by atoms with van der Waals surface area (Å²) < 4.78 is 13.0. The molecule has 1 aromatic heterocycles. The Morgan fingerprint density at radius 3 is 3.18 bits per heavy atom. The number of morpholine rings is 1. The first kappa shape index (κ1) is 15.3. The Bertz CT molecular complexity index is 671. The Morgan fingerprint density at radius 1 is 1.45 bits per heavy atom. The van der Waals surface area contributed by atoms with Crippen molar-refractivity contribution in [2.24, 2.45) is 7.05 Å². The standard InChI is InChI=1S/C16H23N3O3/c1-19-15-12(4-2-6-14(15)18-16(19)20)5-3-8-21-11-13-10-17-7-9-22-13/h2,4,6,13,17H,3,5,7-11H2,1H3,(H,18,20)/t13-/m1/s1. The molecule has 2 aromatic rings. The summed E-state index contributed by atoms with van der Waals surface area (Å²) >= 11 is 0. The van der Waals surface area contributed by atoms with Crippen molar-refractivity contribution in [1.29, 1.82) is 0 Å². The summed E-state index contributed by atoms with van der Waals surface area (Å²) in [7, 11) is 1.80. The van der Waals surface area contributed by atoms with Gasteiger partial charge in [-0.05, 0) is 24.5 Å². The van der Waals surface area contributed by atoms with Crippen LogP contribution in [0.15, 0.2) is 23.0 Å². The van der Waals surface area contributed by atoms with E-state index in [1.54, 1.807) is 11.6 Å². The fraction of sp³-hybridized carbons (Fsp3) is 0.562. The van der Waals surface area contributed by atoms with E-state index in [9.17, 15) is 4.79 Å². The Labute approximate surface area is 129 Å². The average Bonchev–Trinajstić information content (AvgIpc) is 2.83. The smallest absolute Gasteiger partial charge is 0.326 e. The number of aromatic nitrogens is 2. The van der Waals surface area contributed by atoms with Gasteiger partial charge in [0.05, 0.1) is 30.4 Å². The molecule has 1 aliphatic heterocycles. The Morgan fingerprint density at radius 2 is 2.36 bits per heavy atom. The highest BCUT2D eigenvalue weighted by atomic mass is 16.5. The molecule has 0 saturated carbocycles. The van der Waals surface area contributed by atoms with Crippen molar-refractivity contribution < 1.29 is 9.47 Å². The number of aryl methyl sites for hydroxylation is 2. The third kappa shape index (κ3) is 3.40. The summed E-state index contributed by atoms with van der Waals surface area (Å²) in [6.45, 7) is 3.90. The number of nitrogens with zero attached hydrogens (tertiary/aromatic N) is 1. The van der Waals surface area contributed by atoms with Crippen LogP contribution >= 0.6 is 0 Å². The van der Waals surface area contributed by atoms with Crippen molar-refractivity contribution in [2.45, 2.75) is 18.9 Å². The molecule has 120 valence electrons. The van der Waals surface area contributed by atoms with Crippen LogP contribution in [0.5, 0.6) is 0 Å². The Kier molecular flexibility index (Phi) is 4.92. The topological polar surface area (TPSA) is 68.3 Å². The molecule has 1 aliphatic rings. The van der Waals surface area contributed by atoms with Crippen LogP contribution in [-0.2, 0) is 22.9 Å². The van der Waals surface area contributed by atoms with Gasteiger partial charge in [-0.1, -0.05) is 12.1 Å². The molecule has 1 saturated heterocycles. The third-order valence-electron chi connectivity index (χ3n) is 4.04. The molecular weight excluding hydrogens is 282 g/mol. The van der Waals surface area contributed by atoms with Crippen LogP contribution in [-0.4, -0.2) is 48.6 Å². The van der Waals surface area contributed by atoms with E-state index in [0.29, 0.717) is 13.2 Å². The monoisotopic (exact) mass is 305 g/mol. The molecule has 0 radical (unpaired) electrons. The SMILES string of the molecule is Cn1c(=O)[nH]c2cccc(CCCOC[C@H]3CNCCO3)c21. The number of H-pyrrole nitrogens is 1. The molecule has 2 N–H and O–H groups in total. The van der Waals surface area contributed by atoms with Gasteiger partial charge in [-0.25, -0.2) is 4.79 Å². The minimum absolute atomic E-state index is 0.0688. The molecule has 2 heterocycles. The number of nitrogens with one attached hydrogen (secondary N) is 2. The molecule has 0 bridgehead atoms. The zero-order valence-corrected chi connectivity index (χ0v) is 12.9. The minimum atomic E-state index is -0.0688. The molecule has 1 aromatic carbocycles. The highest BCUT2D eigenvalue weighted by Crippen LogP contribution is 2.16. The highest BCUT2D eigenvalue weighted by molar-refractivity contribution is 5.78. The van der Waals surface area contributed by atoms with Crippen LogP contribution in [0.2, 0.25) is 0 Å². The molecule has 0 amide bonds. The average molecular weight is 305 g/mol. The van der Waals surface area contributed by atoms with Crippen molar-refractivity contribution in [2.75, 3.05) is 32.9 Å². The summed E-state index contributed by atoms with van der Waals surface area (Å²) in [6, 6.07) is 5.99. The van der Waals surface area contributed by atoms with E-state index in [4.69, 9.17) is 9.47 Å². The zero-order chi connectivity index (χ0) is 15.4. The lowest BCUT2D eigenvalue weighted by molar-refractivity contribution is -0.0316. The van der Waals surface area contributed by atoms with E-state index < -0.39 is 0 Å². The predicted molar refractivity (Wildman–Crippen MR) is 85.3 cm³/mol. The van der Waals surface area contributed by atoms with E-state index in [0.717, 1.165) is 43.6 Å². The zero-order valence-electron chi connectivity index (χ0n) is 12.9. The summed E-state index contributed by atoms with van der Waals surface area (Å²) in [5.74, 6) is 0. The van der Waals surface area contributed by atoms with Crippen molar-refractivity contribution in [3.63, 3.8) is 0 Å². The second-order valence-electron chi connectivity index (χ2n) is 5.68. The number of ether oxygens (including phenoxy) is 2. The molecule has 0 unspecified atom stereocenters. The second kappa shape index (κ2) is 7.09. The van der Waals surface area contributed by atoms with Gasteiger partial charge in [0.2, 0.25) is 0 Å². The van der Waals surface area contributed by atoms with Gasteiger partial charge in [0, 0.05) is 26.7 Å². The van der Waals surface area contributed by atoms with E-state index in [-0.39, 0.29) is 11.8 Å². The Balaban J connectivity index is 1.50. The van der Waals surface area contributed by atoms with Gasteiger partial charge in [-0.15, -0.1) is 0 Å². The first-order valence-electron chi connectivity index (χ1n) is 7.82. The number of hydrogen-bond acceptors (Lipinski definition) is 4. The van der Waals surface area contributed by atoms with Crippen LogP contribution in [0.1, 0.15) is 12.0 Å². The lowest BCUT2D eigenvalue weighted by Gasteiger charge is -2.23. The molecule has 1 atom stereocenters. The van der Waals surface area contributed by atoms with Gasteiger partial charge >= 0.3 is 5.69 Å². The first-order valence-corrected chi connectivity index (χ1v) is 7.82. The van der Waals surface area contributed by atoms with E-state index in [1.807, 2.05) is 12.1 Å². The summed E-state index contributed by atoms with van der Waals surface area (Å²) in [6.07, 6.45) is 1.99. The van der Waals surface area contributed by atoms with Gasteiger partial charge in [0.25, 0.3) is 0 Å². The van der Waals surface area contributed by atoms with E-state index >= 15 is 0 Å². The lowest BCUT2D eigenvalue weighted by Crippen LogP contribution is -2.41. The van der Waals surface area contributed by atoms with Crippen LogP contribution in [0.25, 0.3) is 11.0 Å². The molecule has 6 heteroatoms. The largest absolute Gasteiger partial charge is 0.379 e. The van der Waals surface area contributed by atoms with Gasteiger partial charge < -0.3 is 19.8 Å². The number of rotatable bonds is 6. The Hall–Kier alpha value is -1.63. The first-order chi connectivity index (χ1) is 10.8. The quantitative estimate of drug-likeness (QED) is 0.775. The van der Waals surface area contributed by atoms with Crippen molar-refractivity contribution in [1.82, 2.24) is 14.9 Å². The number of imidazole rings is 1. The third-order valence-corrected chi connectivity index (χ3v) is 4.04. The predicted octanol–water partition coefficient (Wildman–Crippen LogP) is 0.804. The van der Waals surface area contributed by atoms with E-state index in [1.165, 1.54) is 5.56 Å². The van der Waals surface area contributed by atoms with Crippen molar-refractivity contribution in [3.05, 3.63) is 34.2 Å². The van der Waals surface area contributed by atoms with Gasteiger partial charge in [0.1, 0.15) is 0 Å². The maximum absolute atomic E-state index is 11.7. The molecule has 0 aliphatic carbocycles. The van der Waals surface area contributed by atoms with Gasteiger partial charge in [0.15, 0.2) is 0 Å². The molecule has 6 nitrogen and oxygen atoms in total. The highest BCUT2D eigenvalue weighted by Gasteiger charge is 2.13. The van der Waals surface area contributed by atoms with E-state index in [2.05, 4.69) is 16.4 Å². The molecule has 3 rings (SSSR count). The minimum Gasteiger partial charge on any atom is -0.379 e. The molecule has 0 spiro atoms. The summed E-state index contributed by atoms with van der Waals surface area (Å²) in [5, 5.41) is 3.29. The number of hydrogen-bond donors (Lipinski definition) is 2. The molecule has 22 heavy (non-hydrogen) atoms. The fourth-order valence-electron chi connectivity index (χ4n) is 2.90. The second-order valence-corrected chi connectivity index (χ2v) is 5.68. The maximum atomic E-state index is 11.7. The molecule has 1 fully saturated rings. The van der Waals surface area contributed by atoms with Crippen molar-refractivity contribution >= 4 is 11.0 Å². The van der Waals surface area contributed by atoms with Crippen LogP contribution < -0.4 is 11.0 Å².